The van der Waals surface area contributed by atoms with Crippen molar-refractivity contribution < 1.29 is 9.53 Å². The van der Waals surface area contributed by atoms with Crippen molar-refractivity contribution in [2.75, 3.05) is 12.3 Å². The van der Waals surface area contributed by atoms with Gasteiger partial charge in [-0.2, -0.15) is 0 Å². The molecule has 0 radical (unpaired) electrons. The number of rotatable bonds is 2. The summed E-state index contributed by atoms with van der Waals surface area (Å²) < 4.78 is 4.71. The maximum Gasteiger partial charge on any atom is 0.317 e. The normalized spacial score (nSPS) is 9.12. The molecule has 1 aromatic heterocycles. The fourth-order valence-corrected chi connectivity index (χ4v) is 1.09. The molecule has 0 aromatic carbocycles. The summed E-state index contributed by atoms with van der Waals surface area (Å²) in [6.07, 6.45) is 0.0392. The minimum atomic E-state index is -0.350. The fourth-order valence-electron chi connectivity index (χ4n) is 0.934. The van der Waals surface area contributed by atoms with E-state index in [4.69, 9.17) is 22.1 Å². The molecular formula is C11H11ClN2O2. The summed E-state index contributed by atoms with van der Waals surface area (Å²) in [7, 11) is 0. The second-order valence-electron chi connectivity index (χ2n) is 2.86. The lowest BCUT2D eigenvalue weighted by Crippen LogP contribution is -2.01. The van der Waals surface area contributed by atoms with Crippen LogP contribution in [0.15, 0.2) is 12.1 Å². The lowest BCUT2D eigenvalue weighted by molar-refractivity contribution is -0.141. The molecule has 16 heavy (non-hydrogen) atoms. The van der Waals surface area contributed by atoms with E-state index in [1.165, 1.54) is 0 Å². The van der Waals surface area contributed by atoms with Crippen LogP contribution in [0.5, 0.6) is 0 Å². The highest BCUT2D eigenvalue weighted by Gasteiger charge is 1.98. The van der Waals surface area contributed by atoms with Crippen molar-refractivity contribution in [2.24, 2.45) is 0 Å². The van der Waals surface area contributed by atoms with Gasteiger partial charge in [-0.1, -0.05) is 17.5 Å². The molecule has 4 nitrogen and oxygen atoms in total. The highest BCUT2D eigenvalue weighted by Crippen LogP contribution is 2.14. The molecule has 0 saturated heterocycles. The Labute approximate surface area is 98.8 Å². The molecule has 0 aliphatic carbocycles. The third-order valence-electron chi connectivity index (χ3n) is 1.63. The van der Waals surface area contributed by atoms with Crippen LogP contribution in [0.2, 0.25) is 5.15 Å². The van der Waals surface area contributed by atoms with Crippen molar-refractivity contribution in [1.82, 2.24) is 4.98 Å². The molecule has 1 rings (SSSR count). The number of ether oxygens (including phenoxy) is 1. The van der Waals surface area contributed by atoms with Gasteiger partial charge >= 0.3 is 5.97 Å². The van der Waals surface area contributed by atoms with Crippen LogP contribution in [0.25, 0.3) is 0 Å². The van der Waals surface area contributed by atoms with E-state index in [0.29, 0.717) is 18.0 Å². The quantitative estimate of drug-likeness (QED) is 0.483. The number of esters is 1. The summed E-state index contributed by atoms with van der Waals surface area (Å²) in [5.41, 5.74) is 6.36. The van der Waals surface area contributed by atoms with Gasteiger partial charge in [0.2, 0.25) is 0 Å². The van der Waals surface area contributed by atoms with Crippen LogP contribution >= 0.6 is 11.6 Å². The van der Waals surface area contributed by atoms with Crippen molar-refractivity contribution >= 4 is 23.3 Å². The van der Waals surface area contributed by atoms with E-state index < -0.39 is 0 Å². The Morgan fingerprint density at radius 2 is 2.38 bits per heavy atom. The molecule has 2 N–H and O–H groups in total. The molecule has 0 fully saturated rings. The molecule has 0 aliphatic heterocycles. The Bertz CT molecular complexity index is 449. The van der Waals surface area contributed by atoms with Crippen molar-refractivity contribution in [3.63, 3.8) is 0 Å². The monoisotopic (exact) mass is 238 g/mol. The summed E-state index contributed by atoms with van der Waals surface area (Å²) in [6, 6.07) is 3.25. The molecule has 5 heteroatoms. The van der Waals surface area contributed by atoms with Gasteiger partial charge in [0.25, 0.3) is 0 Å². The van der Waals surface area contributed by atoms with Crippen LogP contribution in [0.3, 0.4) is 0 Å². The topological polar surface area (TPSA) is 65.2 Å². The maximum absolute atomic E-state index is 11.0. The van der Waals surface area contributed by atoms with Gasteiger partial charge in [0.1, 0.15) is 12.1 Å². The van der Waals surface area contributed by atoms with Gasteiger partial charge in [-0.15, -0.1) is 0 Å². The van der Waals surface area contributed by atoms with Crippen LogP contribution < -0.4 is 5.73 Å². The molecule has 0 atom stereocenters. The Kier molecular flexibility index (Phi) is 4.62. The third kappa shape index (κ3) is 3.79. The number of nitrogen functional groups attached to an aromatic ring is 1. The number of nitrogens with zero attached hydrogens (tertiary/aromatic N) is 1. The average Bonchev–Trinajstić information content (AvgIpc) is 2.24. The van der Waals surface area contributed by atoms with Gasteiger partial charge in [0.05, 0.1) is 12.3 Å². The molecule has 0 bridgehead atoms. The number of aromatic nitrogens is 1. The lowest BCUT2D eigenvalue weighted by atomic mass is 10.3. The minimum Gasteiger partial charge on any atom is -0.465 e. The van der Waals surface area contributed by atoms with Crippen molar-refractivity contribution in [1.29, 1.82) is 0 Å². The number of hydrogen-bond donors (Lipinski definition) is 1. The first kappa shape index (κ1) is 12.3. The maximum atomic E-state index is 11.0. The molecule has 84 valence electrons. The number of pyridine rings is 1. The summed E-state index contributed by atoms with van der Waals surface area (Å²) in [5.74, 6) is 5.00. The van der Waals surface area contributed by atoms with Gasteiger partial charge in [0.15, 0.2) is 5.15 Å². The minimum absolute atomic E-state index is 0.0392. The van der Waals surface area contributed by atoms with Gasteiger partial charge in [-0.25, -0.2) is 4.98 Å². The first-order valence-electron chi connectivity index (χ1n) is 4.70. The summed E-state index contributed by atoms with van der Waals surface area (Å²) in [4.78, 5) is 14.9. The van der Waals surface area contributed by atoms with Gasteiger partial charge in [0, 0.05) is 0 Å². The largest absolute Gasteiger partial charge is 0.465 e. The zero-order valence-corrected chi connectivity index (χ0v) is 9.54. The van der Waals surface area contributed by atoms with Gasteiger partial charge < -0.3 is 10.5 Å². The molecule has 0 amide bonds. The Hall–Kier alpha value is -1.73. The summed E-state index contributed by atoms with van der Waals surface area (Å²) in [6.45, 7) is 2.10. The highest BCUT2D eigenvalue weighted by atomic mass is 35.5. The second-order valence-corrected chi connectivity index (χ2v) is 3.22. The van der Waals surface area contributed by atoms with E-state index in [0.717, 1.165) is 0 Å². The van der Waals surface area contributed by atoms with Crippen LogP contribution in [0.1, 0.15) is 19.0 Å². The Morgan fingerprint density at radius 3 is 3.00 bits per heavy atom. The average molecular weight is 239 g/mol. The van der Waals surface area contributed by atoms with E-state index in [9.17, 15) is 4.79 Å². The molecule has 0 unspecified atom stereocenters. The number of nitrogens with two attached hydrogens (primary N) is 1. The second kappa shape index (κ2) is 5.99. The SMILES string of the molecule is CCOC(=O)CC#Cc1ccc(N)c(Cl)n1. The number of hydrogen-bond acceptors (Lipinski definition) is 4. The van der Waals surface area contributed by atoms with E-state index in [1.54, 1.807) is 19.1 Å². The fraction of sp³-hybridized carbons (Fsp3) is 0.273. The van der Waals surface area contributed by atoms with E-state index >= 15 is 0 Å². The van der Waals surface area contributed by atoms with E-state index in [2.05, 4.69) is 16.8 Å². The summed E-state index contributed by atoms with van der Waals surface area (Å²) in [5, 5.41) is 0.211. The lowest BCUT2D eigenvalue weighted by Gasteiger charge is -1.96. The zero-order chi connectivity index (χ0) is 12.0. The Balaban J connectivity index is 2.63. The molecular weight excluding hydrogens is 228 g/mol. The predicted octanol–water partition coefficient (Wildman–Crippen LogP) is 1.62. The van der Waals surface area contributed by atoms with Gasteiger partial charge in [-0.3, -0.25) is 4.79 Å². The molecule has 1 aromatic rings. The van der Waals surface area contributed by atoms with Crippen molar-refractivity contribution in [3.05, 3.63) is 23.0 Å². The first-order chi connectivity index (χ1) is 7.63. The van der Waals surface area contributed by atoms with Crippen LogP contribution in [0, 0.1) is 11.8 Å². The first-order valence-corrected chi connectivity index (χ1v) is 5.07. The number of anilines is 1. The van der Waals surface area contributed by atoms with E-state index in [-0.39, 0.29) is 17.5 Å². The molecule has 0 saturated carbocycles. The van der Waals surface area contributed by atoms with E-state index in [1.807, 2.05) is 0 Å². The van der Waals surface area contributed by atoms with Crippen molar-refractivity contribution in [3.8, 4) is 11.8 Å². The zero-order valence-electron chi connectivity index (χ0n) is 8.79. The molecule has 0 aliphatic rings. The predicted molar refractivity (Wildman–Crippen MR) is 61.8 cm³/mol. The third-order valence-corrected chi connectivity index (χ3v) is 1.93. The molecule has 1 heterocycles. The molecule has 0 spiro atoms. The number of halogens is 1. The van der Waals surface area contributed by atoms with Crippen LogP contribution in [-0.2, 0) is 9.53 Å². The smallest absolute Gasteiger partial charge is 0.317 e. The standard InChI is InChI=1S/C11H11ClN2O2/c1-2-16-10(15)5-3-4-8-6-7-9(13)11(12)14-8/h6-7H,2,5,13H2,1H3. The number of carbonyl (C=O) groups is 1. The Morgan fingerprint density at radius 1 is 1.62 bits per heavy atom. The number of carbonyl (C=O) groups excluding carboxylic acids is 1. The van der Waals surface area contributed by atoms with Crippen LogP contribution in [-0.4, -0.2) is 17.6 Å². The summed E-state index contributed by atoms with van der Waals surface area (Å²) >= 11 is 5.71. The van der Waals surface area contributed by atoms with Crippen LogP contribution in [0.4, 0.5) is 5.69 Å². The highest BCUT2D eigenvalue weighted by molar-refractivity contribution is 6.31. The van der Waals surface area contributed by atoms with Crippen molar-refractivity contribution in [2.45, 2.75) is 13.3 Å². The van der Waals surface area contributed by atoms with Gasteiger partial charge in [-0.05, 0) is 25.0 Å².